The molecule has 254 valence electrons. The Morgan fingerprint density at radius 1 is 0.481 bits per heavy atom. The normalized spacial score (nSPS) is 16.1. The minimum absolute atomic E-state index is 0.401. The summed E-state index contributed by atoms with van der Waals surface area (Å²) in [6, 6.07) is 53.6. The zero-order chi connectivity index (χ0) is 35.9. The van der Waals surface area contributed by atoms with E-state index in [0.29, 0.717) is 11.6 Å². The Balaban J connectivity index is 1.06. The molecule has 5 heteroatoms. The second-order valence-corrected chi connectivity index (χ2v) is 14.4. The second kappa shape index (κ2) is 13.4. The Hall–Kier alpha value is -6.69. The molecule has 1 aliphatic carbocycles. The average molecular weight is 709 g/mol. The Bertz CT molecular complexity index is 2770. The Morgan fingerprint density at radius 3 is 1.96 bits per heavy atom. The van der Waals surface area contributed by atoms with E-state index in [-0.39, 0.29) is 0 Å². The third-order valence-electron chi connectivity index (χ3n) is 10.5. The maximum absolute atomic E-state index is 4.98. The van der Waals surface area contributed by atoms with Gasteiger partial charge in [0.05, 0.1) is 10.9 Å². The molecule has 0 amide bonds. The van der Waals surface area contributed by atoms with Crippen LogP contribution in [0.3, 0.4) is 0 Å². The van der Waals surface area contributed by atoms with Crippen LogP contribution in [0.5, 0.6) is 0 Å². The first-order chi connectivity index (χ1) is 26.8. The highest BCUT2D eigenvalue weighted by molar-refractivity contribution is 8.02. The standard InChI is InChI=1S/C49H32N4S/c1-2-14-33(15-3-1)47-51-32-52-48(53-47)35-18-12-17-34(30-35)37-26-27-38(46-41(37)21-13-29-50-46)36-16-10-11-28-49(44-24-8-9-25-45(44)54-31-36)42-22-6-4-19-39(42)40-20-5-7-23-43(40)49/h1-32H/b16-10-,28-11+,36-31-. The molecule has 10 rings (SSSR count). The Morgan fingerprint density at radius 2 is 1.15 bits per heavy atom. The van der Waals surface area contributed by atoms with Crippen molar-refractivity contribution in [2.75, 3.05) is 0 Å². The molecule has 0 saturated heterocycles. The molecule has 0 bridgehead atoms. The smallest absolute Gasteiger partial charge is 0.163 e. The quantitative estimate of drug-likeness (QED) is 0.182. The Labute approximate surface area is 318 Å². The van der Waals surface area contributed by atoms with Gasteiger partial charge in [0, 0.05) is 33.2 Å². The van der Waals surface area contributed by atoms with Gasteiger partial charge in [-0.25, -0.2) is 15.0 Å². The maximum Gasteiger partial charge on any atom is 0.163 e. The zero-order valence-electron chi connectivity index (χ0n) is 29.2. The molecular weight excluding hydrogens is 677 g/mol. The molecule has 2 aliphatic rings. The molecule has 4 nitrogen and oxygen atoms in total. The molecule has 1 aliphatic heterocycles. The van der Waals surface area contributed by atoms with Crippen LogP contribution in [0.15, 0.2) is 199 Å². The van der Waals surface area contributed by atoms with E-state index in [1.54, 1.807) is 18.1 Å². The van der Waals surface area contributed by atoms with Crippen molar-refractivity contribution in [3.05, 3.63) is 216 Å². The van der Waals surface area contributed by atoms with Crippen LogP contribution >= 0.6 is 11.8 Å². The fraction of sp³-hybridized carbons (Fsp3) is 0.0204. The van der Waals surface area contributed by atoms with Crippen LogP contribution in [0.25, 0.3) is 61.5 Å². The summed E-state index contributed by atoms with van der Waals surface area (Å²) in [5, 5.41) is 3.36. The fourth-order valence-corrected chi connectivity index (χ4v) is 9.02. The predicted octanol–water partition coefficient (Wildman–Crippen LogP) is 12.0. The van der Waals surface area contributed by atoms with Crippen molar-refractivity contribution < 1.29 is 0 Å². The second-order valence-electron chi connectivity index (χ2n) is 13.4. The number of aromatic nitrogens is 4. The summed E-state index contributed by atoms with van der Waals surface area (Å²) in [6.07, 6.45) is 12.5. The summed E-state index contributed by atoms with van der Waals surface area (Å²) >= 11 is 1.77. The van der Waals surface area contributed by atoms with Crippen molar-refractivity contribution in [1.82, 2.24) is 19.9 Å². The highest BCUT2D eigenvalue weighted by atomic mass is 32.2. The number of hydrogen-bond acceptors (Lipinski definition) is 5. The summed E-state index contributed by atoms with van der Waals surface area (Å²) in [6.45, 7) is 0. The first kappa shape index (κ1) is 32.0. The lowest BCUT2D eigenvalue weighted by atomic mass is 9.72. The van der Waals surface area contributed by atoms with Crippen molar-refractivity contribution >= 4 is 28.2 Å². The van der Waals surface area contributed by atoms with Crippen molar-refractivity contribution in [2.45, 2.75) is 10.3 Å². The van der Waals surface area contributed by atoms with E-state index < -0.39 is 5.41 Å². The van der Waals surface area contributed by atoms with Gasteiger partial charge in [0.2, 0.25) is 0 Å². The molecule has 1 spiro atoms. The summed E-state index contributed by atoms with van der Waals surface area (Å²) in [5.41, 5.74) is 13.3. The fourth-order valence-electron chi connectivity index (χ4n) is 8.05. The van der Waals surface area contributed by atoms with Gasteiger partial charge in [-0.3, -0.25) is 4.98 Å². The number of allylic oxidation sites excluding steroid dienone is 5. The molecule has 2 aromatic heterocycles. The van der Waals surface area contributed by atoms with Crippen LogP contribution in [-0.2, 0) is 5.41 Å². The highest BCUT2D eigenvalue weighted by Gasteiger charge is 2.43. The van der Waals surface area contributed by atoms with Gasteiger partial charge in [-0.05, 0) is 68.1 Å². The van der Waals surface area contributed by atoms with Gasteiger partial charge < -0.3 is 0 Å². The summed E-state index contributed by atoms with van der Waals surface area (Å²) < 4.78 is 0. The third-order valence-corrected chi connectivity index (χ3v) is 11.4. The van der Waals surface area contributed by atoms with Gasteiger partial charge in [0.25, 0.3) is 0 Å². The first-order valence-electron chi connectivity index (χ1n) is 18.0. The van der Waals surface area contributed by atoms with Crippen LogP contribution in [0, 0.1) is 0 Å². The van der Waals surface area contributed by atoms with Crippen LogP contribution in [0.4, 0.5) is 0 Å². The highest BCUT2D eigenvalue weighted by Crippen LogP contribution is 2.55. The van der Waals surface area contributed by atoms with Crippen molar-refractivity contribution in [3.8, 4) is 45.0 Å². The zero-order valence-corrected chi connectivity index (χ0v) is 30.0. The van der Waals surface area contributed by atoms with Crippen LogP contribution in [0.1, 0.15) is 22.3 Å². The molecule has 0 radical (unpaired) electrons. The first-order valence-corrected chi connectivity index (χ1v) is 18.9. The number of hydrogen-bond donors (Lipinski definition) is 0. The van der Waals surface area contributed by atoms with Gasteiger partial charge in [-0.2, -0.15) is 0 Å². The van der Waals surface area contributed by atoms with Crippen molar-refractivity contribution in [2.24, 2.45) is 0 Å². The number of pyridine rings is 1. The van der Waals surface area contributed by atoms with E-state index in [4.69, 9.17) is 9.97 Å². The molecule has 0 atom stereocenters. The van der Waals surface area contributed by atoms with E-state index in [0.717, 1.165) is 44.3 Å². The SMILES string of the molecule is C1=C\C(c2ccc(-c3cccc(-c4ncnc(-c5ccccc5)n4)c3)c3cccnc23)=C\Sc2ccccc2C2(/C=C/1)c1ccccc1-c1ccccc12. The van der Waals surface area contributed by atoms with Crippen molar-refractivity contribution in [3.63, 3.8) is 0 Å². The molecule has 3 heterocycles. The van der Waals surface area contributed by atoms with E-state index in [9.17, 15) is 0 Å². The molecule has 0 unspecified atom stereocenters. The van der Waals surface area contributed by atoms with Gasteiger partial charge in [-0.15, -0.1) is 0 Å². The van der Waals surface area contributed by atoms with Crippen LogP contribution in [-0.4, -0.2) is 19.9 Å². The number of thioether (sulfide) groups is 1. The number of benzene rings is 6. The molecule has 0 fully saturated rings. The van der Waals surface area contributed by atoms with Crippen molar-refractivity contribution in [1.29, 1.82) is 0 Å². The molecule has 6 aromatic carbocycles. The Kier molecular flexibility index (Phi) is 7.93. The molecule has 0 saturated carbocycles. The lowest BCUT2D eigenvalue weighted by Gasteiger charge is -2.31. The van der Waals surface area contributed by atoms with Gasteiger partial charge in [-0.1, -0.05) is 170 Å². The van der Waals surface area contributed by atoms with Gasteiger partial charge >= 0.3 is 0 Å². The van der Waals surface area contributed by atoms with Gasteiger partial charge in [0.1, 0.15) is 6.33 Å². The molecule has 0 N–H and O–H groups in total. The number of rotatable bonds is 4. The lowest BCUT2D eigenvalue weighted by molar-refractivity contribution is 0.783. The van der Waals surface area contributed by atoms with Crippen LogP contribution < -0.4 is 0 Å². The van der Waals surface area contributed by atoms with E-state index in [2.05, 4.69) is 149 Å². The topological polar surface area (TPSA) is 51.6 Å². The maximum atomic E-state index is 4.98. The molecule has 54 heavy (non-hydrogen) atoms. The van der Waals surface area contributed by atoms with E-state index >= 15 is 0 Å². The lowest BCUT2D eigenvalue weighted by Crippen LogP contribution is -2.25. The third kappa shape index (κ3) is 5.32. The summed E-state index contributed by atoms with van der Waals surface area (Å²) in [4.78, 5) is 20.0. The number of fused-ring (bicyclic) bond motifs is 8. The van der Waals surface area contributed by atoms with Gasteiger partial charge in [0.15, 0.2) is 11.6 Å². The monoisotopic (exact) mass is 708 g/mol. The molecular formula is C49H32N4S. The minimum Gasteiger partial charge on any atom is -0.256 e. The largest absolute Gasteiger partial charge is 0.256 e. The number of nitrogens with zero attached hydrogens (tertiary/aromatic N) is 4. The summed E-state index contributed by atoms with van der Waals surface area (Å²) in [5.74, 6) is 1.29. The van der Waals surface area contributed by atoms with E-state index in [1.807, 2.05) is 48.7 Å². The van der Waals surface area contributed by atoms with E-state index in [1.165, 1.54) is 32.7 Å². The summed E-state index contributed by atoms with van der Waals surface area (Å²) in [7, 11) is 0. The predicted molar refractivity (Wildman–Crippen MR) is 222 cm³/mol. The molecule has 8 aromatic rings. The van der Waals surface area contributed by atoms with Crippen LogP contribution in [0.2, 0.25) is 0 Å². The minimum atomic E-state index is -0.401. The average Bonchev–Trinajstić information content (AvgIpc) is 3.53.